The molecule has 0 unspecified atom stereocenters. The fraction of sp³-hybridized carbons (Fsp3) is 0.647. The molecule has 3 nitrogen and oxygen atoms in total. The number of methoxy groups -OCH3 is 1. The van der Waals surface area contributed by atoms with E-state index in [1.54, 1.807) is 7.11 Å². The number of nitrogens with one attached hydrogen (secondary N) is 1. The zero-order valence-electron chi connectivity index (χ0n) is 14.0. The predicted octanol–water partition coefficient (Wildman–Crippen LogP) is 4.11. The normalized spacial score (nSPS) is 11.5. The van der Waals surface area contributed by atoms with Crippen LogP contribution in [0.2, 0.25) is 0 Å². The lowest BCUT2D eigenvalue weighted by atomic mass is 10.1. The van der Waals surface area contributed by atoms with E-state index in [1.807, 2.05) is 17.8 Å². The average Bonchev–Trinajstić information content (AvgIpc) is 2.44. The van der Waals surface area contributed by atoms with Crippen LogP contribution in [-0.2, 0) is 6.54 Å². The van der Waals surface area contributed by atoms with Gasteiger partial charge in [0.25, 0.3) is 0 Å². The molecular formula is C17H29NO2S. The molecule has 21 heavy (non-hydrogen) atoms. The van der Waals surface area contributed by atoms with Gasteiger partial charge in [-0.15, -0.1) is 0 Å². The largest absolute Gasteiger partial charge is 0.493 e. The Morgan fingerprint density at radius 2 is 1.95 bits per heavy atom. The highest BCUT2D eigenvalue weighted by Gasteiger charge is 2.10. The second kappa shape index (κ2) is 9.21. The molecule has 0 aliphatic carbocycles. The lowest BCUT2D eigenvalue weighted by molar-refractivity contribution is 0.295. The summed E-state index contributed by atoms with van der Waals surface area (Å²) in [6.07, 6.45) is 1.06. The molecule has 1 aromatic carbocycles. The van der Waals surface area contributed by atoms with E-state index in [9.17, 15) is 0 Å². The zero-order valence-corrected chi connectivity index (χ0v) is 14.8. The van der Waals surface area contributed by atoms with Crippen molar-refractivity contribution in [2.75, 3.05) is 25.2 Å². The van der Waals surface area contributed by atoms with Crippen molar-refractivity contribution in [3.63, 3.8) is 0 Å². The highest BCUT2D eigenvalue weighted by atomic mass is 32.2. The van der Waals surface area contributed by atoms with E-state index in [2.05, 4.69) is 45.1 Å². The summed E-state index contributed by atoms with van der Waals surface area (Å²) < 4.78 is 11.3. The van der Waals surface area contributed by atoms with Crippen molar-refractivity contribution in [3.05, 3.63) is 23.8 Å². The maximum atomic E-state index is 5.82. The van der Waals surface area contributed by atoms with Crippen molar-refractivity contribution < 1.29 is 9.47 Å². The predicted molar refractivity (Wildman–Crippen MR) is 92.7 cm³/mol. The minimum Gasteiger partial charge on any atom is -0.493 e. The molecule has 1 aromatic rings. The molecular weight excluding hydrogens is 282 g/mol. The van der Waals surface area contributed by atoms with Crippen LogP contribution in [0.25, 0.3) is 0 Å². The Kier molecular flexibility index (Phi) is 7.97. The molecule has 0 spiro atoms. The number of benzene rings is 1. The van der Waals surface area contributed by atoms with Gasteiger partial charge in [0.1, 0.15) is 0 Å². The van der Waals surface area contributed by atoms with Gasteiger partial charge in [-0.1, -0.05) is 13.0 Å². The van der Waals surface area contributed by atoms with E-state index in [1.165, 1.54) is 11.3 Å². The molecule has 0 atom stereocenters. The zero-order chi connectivity index (χ0) is 15.7. The molecule has 0 saturated carbocycles. The Bertz CT molecular complexity index is 416. The molecule has 1 rings (SSSR count). The molecule has 1 N–H and O–H groups in total. The van der Waals surface area contributed by atoms with Gasteiger partial charge in [-0.05, 0) is 56.4 Å². The van der Waals surface area contributed by atoms with Crippen molar-refractivity contribution in [1.29, 1.82) is 0 Å². The first kappa shape index (κ1) is 18.2. The summed E-state index contributed by atoms with van der Waals surface area (Å²) in [6, 6.07) is 6.15. The summed E-state index contributed by atoms with van der Waals surface area (Å²) in [5.74, 6) is 3.95. The van der Waals surface area contributed by atoms with Gasteiger partial charge < -0.3 is 14.8 Å². The molecule has 0 saturated heterocycles. The SMILES string of the molecule is CCSCCCOc1ccc(CNC(C)(C)C)cc1OC. The van der Waals surface area contributed by atoms with Crippen molar-refractivity contribution in [3.8, 4) is 11.5 Å². The fourth-order valence-electron chi connectivity index (χ4n) is 1.80. The van der Waals surface area contributed by atoms with E-state index < -0.39 is 0 Å². The summed E-state index contributed by atoms with van der Waals surface area (Å²) in [5.41, 5.74) is 1.31. The number of hydrogen-bond donors (Lipinski definition) is 1. The molecule has 0 aliphatic rings. The van der Waals surface area contributed by atoms with Gasteiger partial charge >= 0.3 is 0 Å². The van der Waals surface area contributed by atoms with Crippen LogP contribution in [0.3, 0.4) is 0 Å². The van der Waals surface area contributed by atoms with Gasteiger partial charge in [0.15, 0.2) is 11.5 Å². The maximum absolute atomic E-state index is 5.82. The summed E-state index contributed by atoms with van der Waals surface area (Å²) in [7, 11) is 1.69. The quantitative estimate of drug-likeness (QED) is 0.695. The second-order valence-corrected chi connectivity index (χ2v) is 7.38. The number of hydrogen-bond acceptors (Lipinski definition) is 4. The van der Waals surface area contributed by atoms with Crippen LogP contribution >= 0.6 is 11.8 Å². The van der Waals surface area contributed by atoms with Crippen LogP contribution in [-0.4, -0.2) is 30.8 Å². The lowest BCUT2D eigenvalue weighted by Crippen LogP contribution is -2.35. The van der Waals surface area contributed by atoms with Crippen LogP contribution in [0.1, 0.15) is 39.7 Å². The van der Waals surface area contributed by atoms with E-state index in [4.69, 9.17) is 9.47 Å². The highest BCUT2D eigenvalue weighted by Crippen LogP contribution is 2.28. The van der Waals surface area contributed by atoms with Gasteiger partial charge in [-0.3, -0.25) is 0 Å². The van der Waals surface area contributed by atoms with Crippen molar-refractivity contribution in [1.82, 2.24) is 5.32 Å². The van der Waals surface area contributed by atoms with Gasteiger partial charge in [-0.2, -0.15) is 11.8 Å². The molecule has 0 aliphatic heterocycles. The topological polar surface area (TPSA) is 30.5 Å². The van der Waals surface area contributed by atoms with Gasteiger partial charge in [0, 0.05) is 12.1 Å². The summed E-state index contributed by atoms with van der Waals surface area (Å²) >= 11 is 1.94. The Morgan fingerprint density at radius 1 is 1.19 bits per heavy atom. The number of thioether (sulfide) groups is 1. The van der Waals surface area contributed by atoms with Crippen molar-refractivity contribution >= 4 is 11.8 Å². The Balaban J connectivity index is 2.53. The highest BCUT2D eigenvalue weighted by molar-refractivity contribution is 7.99. The first-order chi connectivity index (χ1) is 9.96. The van der Waals surface area contributed by atoms with Crippen LogP contribution in [0, 0.1) is 0 Å². The molecule has 0 heterocycles. The first-order valence-electron chi connectivity index (χ1n) is 7.58. The summed E-state index contributed by atoms with van der Waals surface area (Å²) in [5, 5.41) is 3.48. The molecule has 4 heteroatoms. The second-order valence-electron chi connectivity index (χ2n) is 5.99. The molecule has 0 fully saturated rings. The Hall–Kier alpha value is -0.870. The standard InChI is InChI=1S/C17H29NO2S/c1-6-21-11-7-10-20-15-9-8-14(12-16(15)19-5)13-18-17(2,3)4/h8-9,12,18H,6-7,10-11,13H2,1-5H3. The molecule has 0 aromatic heterocycles. The van der Waals surface area contributed by atoms with Crippen LogP contribution in [0.15, 0.2) is 18.2 Å². The van der Waals surface area contributed by atoms with Crippen molar-refractivity contribution in [2.24, 2.45) is 0 Å². The Labute approximate surface area is 133 Å². The minimum atomic E-state index is 0.110. The molecule has 0 radical (unpaired) electrons. The monoisotopic (exact) mass is 311 g/mol. The maximum Gasteiger partial charge on any atom is 0.161 e. The summed E-state index contributed by atoms with van der Waals surface area (Å²) in [4.78, 5) is 0. The van der Waals surface area contributed by atoms with Crippen LogP contribution in [0.5, 0.6) is 11.5 Å². The van der Waals surface area contributed by atoms with Crippen LogP contribution in [0.4, 0.5) is 0 Å². The van der Waals surface area contributed by atoms with Gasteiger partial charge in [-0.25, -0.2) is 0 Å². The van der Waals surface area contributed by atoms with Gasteiger partial charge in [0.05, 0.1) is 13.7 Å². The van der Waals surface area contributed by atoms with E-state index in [0.717, 1.165) is 36.8 Å². The fourth-order valence-corrected chi connectivity index (χ4v) is 2.41. The smallest absolute Gasteiger partial charge is 0.161 e. The third-order valence-electron chi connectivity index (χ3n) is 2.95. The minimum absolute atomic E-state index is 0.110. The third kappa shape index (κ3) is 7.63. The van der Waals surface area contributed by atoms with Crippen LogP contribution < -0.4 is 14.8 Å². The molecule has 120 valence electrons. The van der Waals surface area contributed by atoms with E-state index >= 15 is 0 Å². The van der Waals surface area contributed by atoms with E-state index in [0.29, 0.717) is 0 Å². The van der Waals surface area contributed by atoms with Crippen molar-refractivity contribution in [2.45, 2.75) is 46.2 Å². The summed E-state index contributed by atoms with van der Waals surface area (Å²) in [6.45, 7) is 10.2. The lowest BCUT2D eigenvalue weighted by Gasteiger charge is -2.21. The van der Waals surface area contributed by atoms with Gasteiger partial charge in [0.2, 0.25) is 0 Å². The molecule has 0 amide bonds. The number of rotatable bonds is 9. The van der Waals surface area contributed by atoms with E-state index in [-0.39, 0.29) is 5.54 Å². The average molecular weight is 311 g/mol. The third-order valence-corrected chi connectivity index (χ3v) is 3.93. The first-order valence-corrected chi connectivity index (χ1v) is 8.74. The number of ether oxygens (including phenoxy) is 2. The molecule has 0 bridgehead atoms. The Morgan fingerprint density at radius 3 is 2.57 bits per heavy atom.